The molecule has 2 heterocycles. The Morgan fingerprint density at radius 3 is 3.00 bits per heavy atom. The van der Waals surface area contributed by atoms with Crippen LogP contribution in [0.5, 0.6) is 0 Å². The van der Waals surface area contributed by atoms with Crippen molar-refractivity contribution in [3.8, 4) is 0 Å². The van der Waals surface area contributed by atoms with Gasteiger partial charge in [-0.2, -0.15) is 5.10 Å². The van der Waals surface area contributed by atoms with Crippen molar-refractivity contribution in [2.45, 2.75) is 32.5 Å². The highest BCUT2D eigenvalue weighted by Crippen LogP contribution is 2.28. The molecule has 1 fully saturated rings. The first-order valence-corrected chi connectivity index (χ1v) is 6.64. The lowest BCUT2D eigenvalue weighted by Gasteiger charge is -2.13. The van der Waals surface area contributed by atoms with Crippen LogP contribution in [0.15, 0.2) is 18.2 Å². The van der Waals surface area contributed by atoms with Crippen molar-refractivity contribution in [1.82, 2.24) is 10.2 Å². The predicted octanol–water partition coefficient (Wildman–Crippen LogP) is 2.45. The van der Waals surface area contributed by atoms with Gasteiger partial charge in [0.15, 0.2) is 5.82 Å². The first-order chi connectivity index (χ1) is 9.54. The summed E-state index contributed by atoms with van der Waals surface area (Å²) >= 11 is 0. The number of aromatic amines is 1. The molecule has 3 atom stereocenters. The molecule has 1 aliphatic heterocycles. The molecule has 3 rings (SSSR count). The third kappa shape index (κ3) is 2.27. The minimum Gasteiger partial charge on any atom is -0.365 e. The van der Waals surface area contributed by atoms with Crippen molar-refractivity contribution in [3.63, 3.8) is 0 Å². The van der Waals surface area contributed by atoms with Gasteiger partial charge >= 0.3 is 0 Å². The predicted molar refractivity (Wildman–Crippen MR) is 72.8 cm³/mol. The molecule has 0 aliphatic carbocycles. The third-order valence-corrected chi connectivity index (χ3v) is 3.62. The zero-order valence-electron chi connectivity index (χ0n) is 11.3. The summed E-state index contributed by atoms with van der Waals surface area (Å²) in [4.78, 5) is 12.2. The maximum atomic E-state index is 13.1. The van der Waals surface area contributed by atoms with Crippen LogP contribution in [0.3, 0.4) is 0 Å². The van der Waals surface area contributed by atoms with Gasteiger partial charge < -0.3 is 10.1 Å². The summed E-state index contributed by atoms with van der Waals surface area (Å²) in [5.74, 6) is 0.0215. The summed E-state index contributed by atoms with van der Waals surface area (Å²) in [6.07, 6.45) is 0.493. The first-order valence-electron chi connectivity index (χ1n) is 6.64. The first kappa shape index (κ1) is 13.1. The lowest BCUT2D eigenvalue weighted by Crippen LogP contribution is -2.31. The number of H-pyrrole nitrogens is 1. The largest absolute Gasteiger partial charge is 0.365 e. The fourth-order valence-corrected chi connectivity index (χ4v) is 2.68. The van der Waals surface area contributed by atoms with Crippen molar-refractivity contribution in [1.29, 1.82) is 0 Å². The van der Waals surface area contributed by atoms with Gasteiger partial charge in [0.1, 0.15) is 11.9 Å². The number of carbonyl (C=O) groups excluding carboxylic acids is 1. The molecule has 0 bridgehead atoms. The van der Waals surface area contributed by atoms with Crippen LogP contribution in [-0.2, 0) is 9.53 Å². The fourth-order valence-electron chi connectivity index (χ4n) is 2.68. The molecule has 0 radical (unpaired) electrons. The van der Waals surface area contributed by atoms with E-state index in [4.69, 9.17) is 4.74 Å². The van der Waals surface area contributed by atoms with Gasteiger partial charge in [-0.25, -0.2) is 4.39 Å². The molecule has 2 aromatic rings. The Bertz CT molecular complexity index is 655. The van der Waals surface area contributed by atoms with Crippen LogP contribution in [0.2, 0.25) is 0 Å². The molecule has 3 unspecified atom stereocenters. The van der Waals surface area contributed by atoms with Crippen molar-refractivity contribution in [2.24, 2.45) is 5.92 Å². The number of nitrogens with zero attached hydrogens (tertiary/aromatic N) is 1. The summed E-state index contributed by atoms with van der Waals surface area (Å²) in [5, 5.41) is 10.1. The van der Waals surface area contributed by atoms with E-state index in [1.807, 2.05) is 13.8 Å². The van der Waals surface area contributed by atoms with Gasteiger partial charge in [0, 0.05) is 5.39 Å². The van der Waals surface area contributed by atoms with E-state index in [1.165, 1.54) is 12.1 Å². The molecule has 106 valence electrons. The number of hydrogen-bond acceptors (Lipinski definition) is 3. The number of ether oxygens (including phenoxy) is 1. The highest BCUT2D eigenvalue weighted by Gasteiger charge is 2.35. The number of anilines is 1. The highest BCUT2D eigenvalue weighted by molar-refractivity contribution is 6.01. The Hall–Kier alpha value is -1.95. The van der Waals surface area contributed by atoms with E-state index < -0.39 is 6.10 Å². The minimum absolute atomic E-state index is 0.0887. The molecule has 0 saturated carbocycles. The zero-order valence-corrected chi connectivity index (χ0v) is 11.3. The minimum atomic E-state index is -0.461. The maximum Gasteiger partial charge on any atom is 0.255 e. The van der Waals surface area contributed by atoms with Gasteiger partial charge in [0.05, 0.1) is 11.6 Å². The van der Waals surface area contributed by atoms with Gasteiger partial charge in [-0.1, -0.05) is 6.92 Å². The van der Waals surface area contributed by atoms with Crippen LogP contribution < -0.4 is 5.32 Å². The van der Waals surface area contributed by atoms with Gasteiger partial charge in [-0.3, -0.25) is 9.89 Å². The zero-order chi connectivity index (χ0) is 14.3. The normalized spacial score (nSPS) is 26.1. The number of fused-ring (bicyclic) bond motifs is 1. The van der Waals surface area contributed by atoms with E-state index >= 15 is 0 Å². The average molecular weight is 277 g/mol. The van der Waals surface area contributed by atoms with Crippen LogP contribution in [0, 0.1) is 11.7 Å². The summed E-state index contributed by atoms with van der Waals surface area (Å²) < 4.78 is 18.7. The van der Waals surface area contributed by atoms with E-state index in [-0.39, 0.29) is 23.7 Å². The molecule has 1 aliphatic rings. The monoisotopic (exact) mass is 277 g/mol. The van der Waals surface area contributed by atoms with E-state index in [2.05, 4.69) is 15.5 Å². The van der Waals surface area contributed by atoms with E-state index in [1.54, 1.807) is 6.07 Å². The Balaban J connectivity index is 1.81. The van der Waals surface area contributed by atoms with Crippen molar-refractivity contribution >= 4 is 22.6 Å². The summed E-state index contributed by atoms with van der Waals surface area (Å²) in [6, 6.07) is 4.27. The topological polar surface area (TPSA) is 67.0 Å². The molecule has 20 heavy (non-hydrogen) atoms. The number of benzene rings is 1. The summed E-state index contributed by atoms with van der Waals surface area (Å²) in [7, 11) is 0. The molecular formula is C14H16FN3O2. The van der Waals surface area contributed by atoms with E-state index in [0.717, 1.165) is 6.42 Å². The summed E-state index contributed by atoms with van der Waals surface area (Å²) in [6.45, 7) is 3.95. The average Bonchev–Trinajstić information content (AvgIpc) is 2.93. The molecule has 1 amide bonds. The lowest BCUT2D eigenvalue weighted by molar-refractivity contribution is -0.127. The van der Waals surface area contributed by atoms with Crippen LogP contribution in [0.4, 0.5) is 10.2 Å². The molecule has 0 spiro atoms. The second-order valence-electron chi connectivity index (χ2n) is 5.33. The number of carbonyl (C=O) groups is 1. The van der Waals surface area contributed by atoms with Gasteiger partial charge in [-0.15, -0.1) is 0 Å². The SMILES string of the molecule is CC1CC(C)C(C(=O)Nc2n[nH]c3cc(F)ccc23)O1. The van der Waals surface area contributed by atoms with Crippen molar-refractivity contribution < 1.29 is 13.9 Å². The van der Waals surface area contributed by atoms with Crippen molar-refractivity contribution in [2.75, 3.05) is 5.32 Å². The Labute approximate surface area is 115 Å². The quantitative estimate of drug-likeness (QED) is 0.886. The van der Waals surface area contributed by atoms with Crippen LogP contribution >= 0.6 is 0 Å². The van der Waals surface area contributed by atoms with E-state index in [0.29, 0.717) is 16.7 Å². The van der Waals surface area contributed by atoms with Crippen LogP contribution in [0.25, 0.3) is 10.9 Å². The molecule has 5 nitrogen and oxygen atoms in total. The second kappa shape index (κ2) is 4.86. The maximum absolute atomic E-state index is 13.1. The number of halogens is 1. The molecule has 6 heteroatoms. The number of nitrogens with one attached hydrogen (secondary N) is 2. The Kier molecular flexibility index (Phi) is 3.17. The Morgan fingerprint density at radius 2 is 2.30 bits per heavy atom. The molecule has 1 aromatic carbocycles. The fraction of sp³-hybridized carbons (Fsp3) is 0.429. The third-order valence-electron chi connectivity index (χ3n) is 3.62. The number of amides is 1. The Morgan fingerprint density at radius 1 is 1.50 bits per heavy atom. The molecule has 2 N–H and O–H groups in total. The number of aromatic nitrogens is 2. The smallest absolute Gasteiger partial charge is 0.255 e. The van der Waals surface area contributed by atoms with Crippen LogP contribution in [0.1, 0.15) is 20.3 Å². The lowest BCUT2D eigenvalue weighted by atomic mass is 10.0. The van der Waals surface area contributed by atoms with Crippen LogP contribution in [-0.4, -0.2) is 28.3 Å². The second-order valence-corrected chi connectivity index (χ2v) is 5.33. The van der Waals surface area contributed by atoms with Gasteiger partial charge in [-0.05, 0) is 37.5 Å². The number of rotatable bonds is 2. The standard InChI is InChI=1S/C14H16FN3O2/c1-7-5-8(2)20-12(7)14(19)16-13-10-4-3-9(15)6-11(10)17-18-13/h3-4,6-8,12H,5H2,1-2H3,(H2,16,17,18,19). The summed E-state index contributed by atoms with van der Waals surface area (Å²) in [5.41, 5.74) is 0.550. The highest BCUT2D eigenvalue weighted by atomic mass is 19.1. The van der Waals surface area contributed by atoms with Gasteiger partial charge in [0.25, 0.3) is 5.91 Å². The number of hydrogen-bond donors (Lipinski definition) is 2. The molecule has 1 saturated heterocycles. The van der Waals surface area contributed by atoms with Gasteiger partial charge in [0.2, 0.25) is 0 Å². The van der Waals surface area contributed by atoms with Crippen molar-refractivity contribution in [3.05, 3.63) is 24.0 Å². The molecule has 1 aromatic heterocycles. The molecular weight excluding hydrogens is 261 g/mol. The van der Waals surface area contributed by atoms with E-state index in [9.17, 15) is 9.18 Å².